The highest BCUT2D eigenvalue weighted by Crippen LogP contribution is 2.37. The van der Waals surface area contributed by atoms with Crippen molar-refractivity contribution < 1.29 is 4.42 Å². The van der Waals surface area contributed by atoms with E-state index in [0.717, 1.165) is 38.8 Å². The van der Waals surface area contributed by atoms with Crippen LogP contribution in [0.5, 0.6) is 0 Å². The maximum absolute atomic E-state index is 6.24. The van der Waals surface area contributed by atoms with Gasteiger partial charge in [0.25, 0.3) is 0 Å². The molecule has 0 aliphatic carbocycles. The number of para-hydroxylation sites is 2. The van der Waals surface area contributed by atoms with Gasteiger partial charge in [-0.3, -0.25) is 4.98 Å². The molecule has 0 aliphatic heterocycles. The molecule has 0 radical (unpaired) electrons. The molecule has 4 aromatic carbocycles. The van der Waals surface area contributed by atoms with Gasteiger partial charge in [0.05, 0.1) is 5.69 Å². The number of aromatic nitrogens is 1. The van der Waals surface area contributed by atoms with Crippen molar-refractivity contribution in [3.05, 3.63) is 102 Å². The number of nitrogens with zero attached hydrogens (tertiary/aromatic N) is 1. The quantitative estimate of drug-likeness (QED) is 0.294. The Balaban J connectivity index is 1.54. The van der Waals surface area contributed by atoms with Crippen molar-refractivity contribution in [3.8, 4) is 22.4 Å². The van der Waals surface area contributed by atoms with Gasteiger partial charge in [0.2, 0.25) is 0 Å². The van der Waals surface area contributed by atoms with Crippen LogP contribution >= 0.6 is 0 Å². The van der Waals surface area contributed by atoms with Crippen molar-refractivity contribution in [2.24, 2.45) is 0 Å². The number of furan rings is 1. The molecular weight excluding hydrogens is 378 g/mol. The summed E-state index contributed by atoms with van der Waals surface area (Å²) in [6.45, 7) is 4.25. The monoisotopic (exact) mass is 399 g/mol. The topological polar surface area (TPSA) is 26.0 Å². The van der Waals surface area contributed by atoms with E-state index in [-0.39, 0.29) is 0 Å². The molecule has 6 aromatic rings. The smallest absolute Gasteiger partial charge is 0.144 e. The third-order valence-corrected chi connectivity index (χ3v) is 6.09. The molecule has 2 aromatic heterocycles. The molecule has 0 saturated carbocycles. The molecule has 0 bridgehead atoms. The predicted molar refractivity (Wildman–Crippen MR) is 129 cm³/mol. The lowest BCUT2D eigenvalue weighted by Crippen LogP contribution is -1.90. The number of fused-ring (bicyclic) bond motifs is 4. The van der Waals surface area contributed by atoms with Crippen molar-refractivity contribution in [3.63, 3.8) is 0 Å². The summed E-state index contributed by atoms with van der Waals surface area (Å²) >= 11 is 0. The molecule has 0 aliphatic rings. The standard InChI is InChI=1S/C29H21NO/c1-18-10-11-21-15-22(13-12-20(21)14-18)26-16-27(30-17-19(26)2)25-8-5-7-24-23-6-3-4-9-28(23)31-29(24)25/h3-17H,1-2H3. The average molecular weight is 399 g/mol. The minimum Gasteiger partial charge on any atom is -0.455 e. The highest BCUT2D eigenvalue weighted by atomic mass is 16.3. The Labute approximate surface area is 180 Å². The molecular formula is C29H21NO. The molecule has 0 spiro atoms. The summed E-state index contributed by atoms with van der Waals surface area (Å²) in [4.78, 5) is 4.77. The second-order valence-electron chi connectivity index (χ2n) is 8.23. The summed E-state index contributed by atoms with van der Waals surface area (Å²) in [5, 5.41) is 4.78. The van der Waals surface area contributed by atoms with Crippen LogP contribution in [-0.2, 0) is 0 Å². The van der Waals surface area contributed by atoms with E-state index in [1.807, 2.05) is 24.4 Å². The lowest BCUT2D eigenvalue weighted by atomic mass is 9.96. The second kappa shape index (κ2) is 6.82. The SMILES string of the molecule is Cc1ccc2cc(-c3cc(-c4cccc5c4oc4ccccc45)ncc3C)ccc2c1. The summed E-state index contributed by atoms with van der Waals surface area (Å²) in [5.74, 6) is 0. The molecule has 2 heterocycles. The largest absolute Gasteiger partial charge is 0.455 e. The Morgan fingerprint density at radius 1 is 0.677 bits per heavy atom. The van der Waals surface area contributed by atoms with Gasteiger partial charge in [0, 0.05) is 22.5 Å². The first-order valence-electron chi connectivity index (χ1n) is 10.6. The van der Waals surface area contributed by atoms with Crippen molar-refractivity contribution in [1.82, 2.24) is 4.98 Å². The van der Waals surface area contributed by atoms with Crippen LogP contribution in [0.25, 0.3) is 55.1 Å². The van der Waals surface area contributed by atoms with E-state index in [9.17, 15) is 0 Å². The highest BCUT2D eigenvalue weighted by molar-refractivity contribution is 6.09. The van der Waals surface area contributed by atoms with Gasteiger partial charge in [-0.25, -0.2) is 0 Å². The number of benzene rings is 4. The Bertz CT molecular complexity index is 1610. The van der Waals surface area contributed by atoms with E-state index < -0.39 is 0 Å². The van der Waals surface area contributed by atoms with E-state index >= 15 is 0 Å². The van der Waals surface area contributed by atoms with E-state index in [4.69, 9.17) is 9.40 Å². The summed E-state index contributed by atoms with van der Waals surface area (Å²) in [5.41, 5.74) is 8.58. The van der Waals surface area contributed by atoms with Gasteiger partial charge in [-0.05, 0) is 65.6 Å². The van der Waals surface area contributed by atoms with E-state index in [0.29, 0.717) is 0 Å². The molecule has 0 fully saturated rings. The Hall–Kier alpha value is -3.91. The number of hydrogen-bond donors (Lipinski definition) is 0. The molecule has 148 valence electrons. The molecule has 2 nitrogen and oxygen atoms in total. The van der Waals surface area contributed by atoms with Crippen LogP contribution in [0.15, 0.2) is 95.5 Å². The van der Waals surface area contributed by atoms with Gasteiger partial charge >= 0.3 is 0 Å². The molecule has 0 amide bonds. The van der Waals surface area contributed by atoms with Gasteiger partial charge in [0.15, 0.2) is 0 Å². The predicted octanol–water partition coefficient (Wildman–Crippen LogP) is 8.09. The molecule has 0 N–H and O–H groups in total. The van der Waals surface area contributed by atoms with Gasteiger partial charge in [0.1, 0.15) is 11.2 Å². The van der Waals surface area contributed by atoms with Crippen LogP contribution in [0, 0.1) is 13.8 Å². The van der Waals surface area contributed by atoms with Crippen molar-refractivity contribution in [2.45, 2.75) is 13.8 Å². The lowest BCUT2D eigenvalue weighted by Gasteiger charge is -2.11. The van der Waals surface area contributed by atoms with E-state index in [1.54, 1.807) is 0 Å². The van der Waals surface area contributed by atoms with E-state index in [2.05, 4.69) is 80.6 Å². The number of pyridine rings is 1. The first kappa shape index (κ1) is 17.9. The number of rotatable bonds is 2. The van der Waals surface area contributed by atoms with E-state index in [1.165, 1.54) is 27.5 Å². The summed E-state index contributed by atoms with van der Waals surface area (Å²) in [6, 6.07) is 29.9. The van der Waals surface area contributed by atoms with Crippen molar-refractivity contribution >= 4 is 32.7 Å². The summed E-state index contributed by atoms with van der Waals surface area (Å²) in [7, 11) is 0. The Morgan fingerprint density at radius 2 is 1.48 bits per heavy atom. The zero-order chi connectivity index (χ0) is 20.9. The fourth-order valence-corrected chi connectivity index (χ4v) is 4.46. The molecule has 6 rings (SSSR count). The number of hydrogen-bond acceptors (Lipinski definition) is 2. The molecule has 0 saturated heterocycles. The first-order chi connectivity index (χ1) is 15.2. The van der Waals surface area contributed by atoms with Gasteiger partial charge in [-0.15, -0.1) is 0 Å². The van der Waals surface area contributed by atoms with Gasteiger partial charge in [-0.2, -0.15) is 0 Å². The molecule has 0 unspecified atom stereocenters. The van der Waals surface area contributed by atoms with Gasteiger partial charge in [-0.1, -0.05) is 66.2 Å². The minimum atomic E-state index is 0.889. The fourth-order valence-electron chi connectivity index (χ4n) is 4.46. The Kier molecular flexibility index (Phi) is 3.94. The van der Waals surface area contributed by atoms with Crippen molar-refractivity contribution in [2.75, 3.05) is 0 Å². The van der Waals surface area contributed by atoms with Crippen molar-refractivity contribution in [1.29, 1.82) is 0 Å². The maximum Gasteiger partial charge on any atom is 0.144 e. The Morgan fingerprint density at radius 3 is 2.42 bits per heavy atom. The van der Waals surface area contributed by atoms with Gasteiger partial charge < -0.3 is 4.42 Å². The summed E-state index contributed by atoms with van der Waals surface area (Å²) < 4.78 is 6.24. The zero-order valence-electron chi connectivity index (χ0n) is 17.5. The van der Waals surface area contributed by atoms with Crippen LogP contribution in [0.3, 0.4) is 0 Å². The van der Waals surface area contributed by atoms with Crippen LogP contribution < -0.4 is 0 Å². The fraction of sp³-hybridized carbons (Fsp3) is 0.0690. The second-order valence-corrected chi connectivity index (χ2v) is 8.23. The van der Waals surface area contributed by atoms with Crippen LogP contribution in [0.2, 0.25) is 0 Å². The molecule has 31 heavy (non-hydrogen) atoms. The highest BCUT2D eigenvalue weighted by Gasteiger charge is 2.14. The minimum absolute atomic E-state index is 0.889. The first-order valence-corrected chi connectivity index (χ1v) is 10.6. The number of aryl methyl sites for hydroxylation is 2. The maximum atomic E-state index is 6.24. The molecule has 0 atom stereocenters. The summed E-state index contributed by atoms with van der Waals surface area (Å²) in [6.07, 6.45) is 1.96. The lowest BCUT2D eigenvalue weighted by molar-refractivity contribution is 0.670. The van der Waals surface area contributed by atoms with Crippen LogP contribution in [0.1, 0.15) is 11.1 Å². The third-order valence-electron chi connectivity index (χ3n) is 6.09. The average Bonchev–Trinajstić information content (AvgIpc) is 3.18. The molecule has 2 heteroatoms. The zero-order valence-corrected chi connectivity index (χ0v) is 17.5. The van der Waals surface area contributed by atoms with Crippen LogP contribution in [0.4, 0.5) is 0 Å². The van der Waals surface area contributed by atoms with Crippen LogP contribution in [-0.4, -0.2) is 4.98 Å². The normalized spacial score (nSPS) is 11.5. The third kappa shape index (κ3) is 2.91.